The molecule has 0 bridgehead atoms. The summed E-state index contributed by atoms with van der Waals surface area (Å²) in [5.41, 5.74) is 0.591. The molecule has 0 heterocycles. The van der Waals surface area contributed by atoms with E-state index in [1.807, 2.05) is 6.92 Å². The topological polar surface area (TPSA) is 52.4 Å². The molecule has 69 valence electrons. The van der Waals surface area contributed by atoms with E-state index in [1.165, 1.54) is 12.1 Å². The van der Waals surface area contributed by atoms with Gasteiger partial charge in [-0.05, 0) is 25.5 Å². The molecular formula is C9H10NO3. The Hall–Kier alpha value is -1.58. The number of non-ortho nitro benzene ring substituents is 1. The first-order valence-electron chi connectivity index (χ1n) is 3.87. The molecule has 0 spiro atoms. The van der Waals surface area contributed by atoms with Gasteiger partial charge in [-0.3, -0.25) is 10.1 Å². The summed E-state index contributed by atoms with van der Waals surface area (Å²) in [4.78, 5) is 9.97. The van der Waals surface area contributed by atoms with E-state index in [-0.39, 0.29) is 5.69 Å². The fourth-order valence-corrected chi connectivity index (χ4v) is 0.999. The van der Waals surface area contributed by atoms with Crippen molar-refractivity contribution in [3.05, 3.63) is 40.8 Å². The molecule has 0 saturated heterocycles. The molecule has 1 rings (SSSR count). The van der Waals surface area contributed by atoms with E-state index < -0.39 is 4.92 Å². The predicted molar refractivity (Wildman–Crippen MR) is 48.7 cm³/mol. The van der Waals surface area contributed by atoms with Crippen LogP contribution in [0.3, 0.4) is 0 Å². The largest absolute Gasteiger partial charge is 0.494 e. The van der Waals surface area contributed by atoms with E-state index in [9.17, 15) is 10.1 Å². The molecule has 4 heteroatoms. The van der Waals surface area contributed by atoms with Gasteiger partial charge in [0.1, 0.15) is 5.75 Å². The van der Waals surface area contributed by atoms with Gasteiger partial charge in [-0.2, -0.15) is 0 Å². The molecule has 1 aromatic rings. The van der Waals surface area contributed by atoms with Crippen LogP contribution in [-0.2, 0) is 0 Å². The molecule has 0 N–H and O–H groups in total. The lowest BCUT2D eigenvalue weighted by molar-refractivity contribution is -0.385. The van der Waals surface area contributed by atoms with Gasteiger partial charge in [0.2, 0.25) is 0 Å². The van der Waals surface area contributed by atoms with Crippen LogP contribution in [0, 0.1) is 17.0 Å². The molecule has 0 aromatic heterocycles. The Labute approximate surface area is 76.3 Å². The molecule has 0 aliphatic heterocycles. The van der Waals surface area contributed by atoms with Crippen molar-refractivity contribution in [2.45, 2.75) is 6.92 Å². The molecule has 0 saturated carbocycles. The van der Waals surface area contributed by atoms with Gasteiger partial charge < -0.3 is 4.74 Å². The average molecular weight is 180 g/mol. The Kier molecular flexibility index (Phi) is 2.84. The minimum atomic E-state index is -0.461. The van der Waals surface area contributed by atoms with Crippen LogP contribution in [0.2, 0.25) is 0 Å². The molecule has 1 radical (unpaired) electrons. The van der Waals surface area contributed by atoms with Crippen LogP contribution in [0.15, 0.2) is 18.2 Å². The number of hydrogen-bond donors (Lipinski definition) is 0. The first-order valence-corrected chi connectivity index (χ1v) is 3.87. The number of benzene rings is 1. The summed E-state index contributed by atoms with van der Waals surface area (Å²) in [6.45, 7) is 5.93. The summed E-state index contributed by atoms with van der Waals surface area (Å²) < 4.78 is 5.13. The van der Waals surface area contributed by atoms with Crippen molar-refractivity contribution in [1.29, 1.82) is 0 Å². The third-order valence-electron chi connectivity index (χ3n) is 1.47. The number of rotatable bonds is 3. The van der Waals surface area contributed by atoms with Crippen molar-refractivity contribution >= 4 is 5.69 Å². The van der Waals surface area contributed by atoms with E-state index >= 15 is 0 Å². The van der Waals surface area contributed by atoms with Crippen LogP contribution >= 0.6 is 0 Å². The molecule has 13 heavy (non-hydrogen) atoms. The van der Waals surface area contributed by atoms with Gasteiger partial charge in [0.05, 0.1) is 17.6 Å². The van der Waals surface area contributed by atoms with Gasteiger partial charge in [-0.1, -0.05) is 0 Å². The van der Waals surface area contributed by atoms with Crippen LogP contribution in [0.1, 0.15) is 12.5 Å². The van der Waals surface area contributed by atoms with Crippen molar-refractivity contribution in [3.63, 3.8) is 0 Å². The zero-order chi connectivity index (χ0) is 9.84. The van der Waals surface area contributed by atoms with Gasteiger partial charge in [-0.15, -0.1) is 0 Å². The van der Waals surface area contributed by atoms with Crippen LogP contribution in [-0.4, -0.2) is 11.5 Å². The fourth-order valence-electron chi connectivity index (χ4n) is 0.999. The Morgan fingerprint density at radius 3 is 2.77 bits per heavy atom. The molecule has 4 nitrogen and oxygen atoms in total. The molecule has 0 unspecified atom stereocenters. The van der Waals surface area contributed by atoms with Crippen LogP contribution < -0.4 is 4.74 Å². The molecule has 0 fully saturated rings. The minimum Gasteiger partial charge on any atom is -0.494 e. The first-order chi connectivity index (χ1) is 6.13. The van der Waals surface area contributed by atoms with E-state index in [4.69, 9.17) is 4.74 Å². The second-order valence-electron chi connectivity index (χ2n) is 2.53. The molecular weight excluding hydrogens is 170 g/mol. The van der Waals surface area contributed by atoms with E-state index in [2.05, 4.69) is 6.92 Å². The van der Waals surface area contributed by atoms with Gasteiger partial charge in [0, 0.05) is 6.07 Å². The van der Waals surface area contributed by atoms with Crippen molar-refractivity contribution in [1.82, 2.24) is 0 Å². The van der Waals surface area contributed by atoms with Crippen molar-refractivity contribution < 1.29 is 9.66 Å². The third-order valence-corrected chi connectivity index (χ3v) is 1.47. The molecule has 0 aliphatic rings. The van der Waals surface area contributed by atoms with Crippen LogP contribution in [0.25, 0.3) is 0 Å². The summed E-state index contributed by atoms with van der Waals surface area (Å²) in [6, 6.07) is 4.46. The van der Waals surface area contributed by atoms with Crippen LogP contribution in [0.5, 0.6) is 5.75 Å². The van der Waals surface area contributed by atoms with Gasteiger partial charge in [0.15, 0.2) is 0 Å². The first kappa shape index (κ1) is 9.51. The minimum absolute atomic E-state index is 0.0101. The summed E-state index contributed by atoms with van der Waals surface area (Å²) in [5, 5.41) is 10.4. The molecule has 0 atom stereocenters. The second-order valence-corrected chi connectivity index (χ2v) is 2.53. The summed E-state index contributed by atoms with van der Waals surface area (Å²) in [7, 11) is 0. The number of nitro groups is 1. The fraction of sp³-hybridized carbons (Fsp3) is 0.222. The Morgan fingerprint density at radius 2 is 2.23 bits per heavy atom. The third kappa shape index (κ3) is 2.43. The standard InChI is InChI=1S/C9H10NO3/c1-3-13-9-5-7(2)4-8(6-9)10(11)12/h4-6H,2-3H2,1H3. The average Bonchev–Trinajstić information content (AvgIpc) is 2.03. The zero-order valence-corrected chi connectivity index (χ0v) is 7.32. The quantitative estimate of drug-likeness (QED) is 0.529. The lowest BCUT2D eigenvalue weighted by Crippen LogP contribution is -1.94. The maximum Gasteiger partial charge on any atom is 0.273 e. The predicted octanol–water partition coefficient (Wildman–Crippen LogP) is 2.18. The highest BCUT2D eigenvalue weighted by Gasteiger charge is 2.07. The summed E-state index contributed by atoms with van der Waals surface area (Å²) in [5.74, 6) is 0.488. The Bertz CT molecular complexity index is 323. The summed E-state index contributed by atoms with van der Waals surface area (Å²) >= 11 is 0. The lowest BCUT2D eigenvalue weighted by Gasteiger charge is -2.03. The zero-order valence-electron chi connectivity index (χ0n) is 7.32. The highest BCUT2D eigenvalue weighted by atomic mass is 16.6. The highest BCUT2D eigenvalue weighted by molar-refractivity contribution is 5.43. The molecule has 1 aromatic carbocycles. The number of ether oxygens (including phenoxy) is 1. The Morgan fingerprint density at radius 1 is 1.54 bits per heavy atom. The summed E-state index contributed by atoms with van der Waals surface area (Å²) in [6.07, 6.45) is 0. The number of hydrogen-bond acceptors (Lipinski definition) is 3. The smallest absolute Gasteiger partial charge is 0.273 e. The van der Waals surface area contributed by atoms with E-state index in [0.29, 0.717) is 17.9 Å². The maximum absolute atomic E-state index is 10.4. The highest BCUT2D eigenvalue weighted by Crippen LogP contribution is 2.21. The second kappa shape index (κ2) is 3.89. The van der Waals surface area contributed by atoms with Crippen LogP contribution in [0.4, 0.5) is 5.69 Å². The van der Waals surface area contributed by atoms with Gasteiger partial charge >= 0.3 is 0 Å². The molecule has 0 amide bonds. The number of nitrogens with zero attached hydrogens (tertiary/aromatic N) is 1. The maximum atomic E-state index is 10.4. The SMILES string of the molecule is [CH2]c1cc(OCC)cc([N+](=O)[O-])c1. The number of nitro benzene ring substituents is 1. The van der Waals surface area contributed by atoms with E-state index in [0.717, 1.165) is 0 Å². The van der Waals surface area contributed by atoms with Crippen molar-refractivity contribution in [2.75, 3.05) is 6.61 Å². The van der Waals surface area contributed by atoms with E-state index in [1.54, 1.807) is 6.07 Å². The van der Waals surface area contributed by atoms with Gasteiger partial charge in [0.25, 0.3) is 5.69 Å². The molecule has 0 aliphatic carbocycles. The Balaban J connectivity index is 3.03. The lowest BCUT2D eigenvalue weighted by atomic mass is 10.2. The monoisotopic (exact) mass is 180 g/mol. The van der Waals surface area contributed by atoms with Gasteiger partial charge in [-0.25, -0.2) is 0 Å². The van der Waals surface area contributed by atoms with Crippen molar-refractivity contribution in [2.24, 2.45) is 0 Å². The normalized spacial score (nSPS) is 9.69. The van der Waals surface area contributed by atoms with Crippen molar-refractivity contribution in [3.8, 4) is 5.75 Å².